The van der Waals surface area contributed by atoms with Crippen LogP contribution in [0, 0.1) is 11.8 Å². The van der Waals surface area contributed by atoms with Crippen molar-refractivity contribution in [1.82, 2.24) is 4.98 Å². The summed E-state index contributed by atoms with van der Waals surface area (Å²) in [6, 6.07) is 2.03. The van der Waals surface area contributed by atoms with Gasteiger partial charge in [-0.25, -0.2) is 0 Å². The highest BCUT2D eigenvalue weighted by molar-refractivity contribution is 9.09. The zero-order chi connectivity index (χ0) is 12.3. The van der Waals surface area contributed by atoms with Crippen LogP contribution in [-0.2, 0) is 6.42 Å². The molecule has 1 aromatic rings. The summed E-state index contributed by atoms with van der Waals surface area (Å²) in [6.07, 6.45) is 10.0. The van der Waals surface area contributed by atoms with Crippen LogP contribution in [0.2, 0.25) is 5.02 Å². The molecule has 1 aliphatic carbocycles. The van der Waals surface area contributed by atoms with Crippen molar-refractivity contribution >= 4 is 27.5 Å². The van der Waals surface area contributed by atoms with Crippen LogP contribution in [0.4, 0.5) is 0 Å². The van der Waals surface area contributed by atoms with Crippen molar-refractivity contribution in [3.63, 3.8) is 0 Å². The van der Waals surface area contributed by atoms with Crippen LogP contribution >= 0.6 is 27.5 Å². The Bertz CT molecular complexity index is 361. The lowest BCUT2D eigenvalue weighted by atomic mass is 9.80. The average Bonchev–Trinajstić information content (AvgIpc) is 2.33. The molecule has 1 fully saturated rings. The maximum atomic E-state index is 6.15. The van der Waals surface area contributed by atoms with E-state index in [-0.39, 0.29) is 0 Å². The molecule has 1 aromatic heterocycles. The Balaban J connectivity index is 1.93. The second-order valence-corrected chi connectivity index (χ2v) is 6.79. The fraction of sp³-hybridized carbons (Fsp3) is 0.643. The minimum atomic E-state index is 0.551. The number of hydrogen-bond acceptors (Lipinski definition) is 1. The van der Waals surface area contributed by atoms with Crippen molar-refractivity contribution in [2.24, 2.45) is 11.8 Å². The molecule has 1 heterocycles. The van der Waals surface area contributed by atoms with Crippen molar-refractivity contribution in [3.05, 3.63) is 29.0 Å². The molecule has 0 aromatic carbocycles. The van der Waals surface area contributed by atoms with E-state index in [9.17, 15) is 0 Å². The molecule has 17 heavy (non-hydrogen) atoms. The summed E-state index contributed by atoms with van der Waals surface area (Å²) in [4.78, 5) is 4.58. The van der Waals surface area contributed by atoms with Crippen LogP contribution in [0.5, 0.6) is 0 Å². The molecular formula is C14H19BrClN. The molecule has 1 atom stereocenters. The first-order valence-electron chi connectivity index (χ1n) is 6.39. The number of rotatable bonds is 3. The molecule has 0 spiro atoms. The third-order valence-electron chi connectivity index (χ3n) is 3.84. The van der Waals surface area contributed by atoms with Crippen molar-refractivity contribution in [2.45, 2.75) is 43.9 Å². The highest BCUT2D eigenvalue weighted by Crippen LogP contribution is 2.35. The van der Waals surface area contributed by atoms with Gasteiger partial charge in [0.1, 0.15) is 0 Å². The standard InChI is InChI=1S/C14H19BrClN/c1-10-2-4-11(5-3-10)13(15)8-12-6-7-17-9-14(12)16/h6-7,9-11,13H,2-5,8H2,1H3. The zero-order valence-corrected chi connectivity index (χ0v) is 12.5. The van der Waals surface area contributed by atoms with Crippen LogP contribution < -0.4 is 0 Å². The highest BCUT2D eigenvalue weighted by Gasteiger charge is 2.24. The van der Waals surface area contributed by atoms with Gasteiger partial charge in [0, 0.05) is 17.2 Å². The van der Waals surface area contributed by atoms with Gasteiger partial charge in [0.2, 0.25) is 0 Å². The lowest BCUT2D eigenvalue weighted by molar-refractivity contribution is 0.285. The summed E-state index contributed by atoms with van der Waals surface area (Å²) < 4.78 is 0. The normalized spacial score (nSPS) is 26.8. The summed E-state index contributed by atoms with van der Waals surface area (Å²) in [7, 11) is 0. The van der Waals surface area contributed by atoms with E-state index in [4.69, 9.17) is 11.6 Å². The van der Waals surface area contributed by atoms with Crippen LogP contribution in [0.3, 0.4) is 0 Å². The minimum absolute atomic E-state index is 0.551. The van der Waals surface area contributed by atoms with Crippen LogP contribution in [0.15, 0.2) is 18.5 Å². The van der Waals surface area contributed by atoms with Crippen LogP contribution in [-0.4, -0.2) is 9.81 Å². The van der Waals surface area contributed by atoms with Gasteiger partial charge < -0.3 is 0 Å². The van der Waals surface area contributed by atoms with Crippen molar-refractivity contribution in [1.29, 1.82) is 0 Å². The summed E-state index contributed by atoms with van der Waals surface area (Å²) in [5, 5.41) is 0.793. The second-order valence-electron chi connectivity index (χ2n) is 5.21. The Morgan fingerprint density at radius 1 is 1.41 bits per heavy atom. The van der Waals surface area contributed by atoms with E-state index < -0.39 is 0 Å². The van der Waals surface area contributed by atoms with Gasteiger partial charge >= 0.3 is 0 Å². The first-order chi connectivity index (χ1) is 8.16. The highest BCUT2D eigenvalue weighted by atomic mass is 79.9. The largest absolute Gasteiger partial charge is 0.263 e. The Morgan fingerprint density at radius 3 is 2.76 bits per heavy atom. The summed E-state index contributed by atoms with van der Waals surface area (Å²) in [5.41, 5.74) is 1.21. The van der Waals surface area contributed by atoms with Crippen molar-refractivity contribution in [2.75, 3.05) is 0 Å². The molecule has 0 aliphatic heterocycles. The summed E-state index contributed by atoms with van der Waals surface area (Å²) in [6.45, 7) is 2.36. The number of halogens is 2. The smallest absolute Gasteiger partial charge is 0.0621 e. The molecule has 0 N–H and O–H groups in total. The molecule has 0 amide bonds. The molecule has 1 aliphatic rings. The van der Waals surface area contributed by atoms with Gasteiger partial charge in [0.25, 0.3) is 0 Å². The number of nitrogens with zero attached hydrogens (tertiary/aromatic N) is 1. The zero-order valence-electron chi connectivity index (χ0n) is 10.2. The van der Waals surface area contributed by atoms with E-state index in [0.29, 0.717) is 4.83 Å². The number of alkyl halides is 1. The molecule has 1 saturated carbocycles. The third kappa shape index (κ3) is 3.69. The maximum absolute atomic E-state index is 6.15. The monoisotopic (exact) mass is 315 g/mol. The first kappa shape index (κ1) is 13.4. The second kappa shape index (κ2) is 6.19. The maximum Gasteiger partial charge on any atom is 0.0621 e. The van der Waals surface area contributed by atoms with Gasteiger partial charge in [-0.2, -0.15) is 0 Å². The lowest BCUT2D eigenvalue weighted by Gasteiger charge is -2.29. The summed E-state index contributed by atoms with van der Waals surface area (Å²) >= 11 is 10.00. The lowest BCUT2D eigenvalue weighted by Crippen LogP contribution is -2.22. The first-order valence-corrected chi connectivity index (χ1v) is 7.68. The van der Waals surface area contributed by atoms with E-state index in [1.165, 1.54) is 31.2 Å². The Labute approximate surface area is 117 Å². The molecule has 1 nitrogen and oxygen atoms in total. The van der Waals surface area contributed by atoms with Crippen molar-refractivity contribution < 1.29 is 0 Å². The molecular weight excluding hydrogens is 298 g/mol. The Morgan fingerprint density at radius 2 is 2.12 bits per heavy atom. The molecule has 94 valence electrons. The summed E-state index contributed by atoms with van der Waals surface area (Å²) in [5.74, 6) is 1.71. The van der Waals surface area contributed by atoms with Crippen LogP contribution in [0.25, 0.3) is 0 Å². The van der Waals surface area contributed by atoms with Gasteiger partial charge in [-0.15, -0.1) is 0 Å². The molecule has 3 heteroatoms. The number of aromatic nitrogens is 1. The molecule has 0 bridgehead atoms. The minimum Gasteiger partial charge on any atom is -0.263 e. The quantitative estimate of drug-likeness (QED) is 0.725. The molecule has 0 saturated heterocycles. The molecule has 2 rings (SSSR count). The topological polar surface area (TPSA) is 12.9 Å². The fourth-order valence-electron chi connectivity index (χ4n) is 2.59. The Kier molecular flexibility index (Phi) is 4.87. The Hall–Kier alpha value is -0.0800. The van der Waals surface area contributed by atoms with Gasteiger partial charge in [0.15, 0.2) is 0 Å². The van der Waals surface area contributed by atoms with E-state index >= 15 is 0 Å². The predicted molar refractivity (Wildman–Crippen MR) is 76.8 cm³/mol. The van der Waals surface area contributed by atoms with Gasteiger partial charge in [-0.3, -0.25) is 4.98 Å². The van der Waals surface area contributed by atoms with Gasteiger partial charge in [0.05, 0.1) is 5.02 Å². The van der Waals surface area contributed by atoms with Gasteiger partial charge in [-0.05, 0) is 42.7 Å². The van der Waals surface area contributed by atoms with E-state index in [2.05, 4.69) is 27.8 Å². The van der Waals surface area contributed by atoms with Gasteiger partial charge in [-0.1, -0.05) is 47.3 Å². The molecule has 1 unspecified atom stereocenters. The van der Waals surface area contributed by atoms with Crippen LogP contribution in [0.1, 0.15) is 38.2 Å². The SMILES string of the molecule is CC1CCC(C(Br)Cc2ccncc2Cl)CC1. The predicted octanol–water partition coefficient (Wildman–Crippen LogP) is 4.87. The average molecular weight is 317 g/mol. The fourth-order valence-corrected chi connectivity index (χ4v) is 3.67. The molecule has 0 radical (unpaired) electrons. The number of hydrogen-bond donors (Lipinski definition) is 0. The third-order valence-corrected chi connectivity index (χ3v) is 5.26. The van der Waals surface area contributed by atoms with Crippen molar-refractivity contribution in [3.8, 4) is 0 Å². The number of pyridine rings is 1. The van der Waals surface area contributed by atoms with E-state index in [1.54, 1.807) is 6.20 Å². The van der Waals surface area contributed by atoms with E-state index in [0.717, 1.165) is 23.3 Å². The van der Waals surface area contributed by atoms with E-state index in [1.807, 2.05) is 12.3 Å².